The lowest BCUT2D eigenvalue weighted by Crippen LogP contribution is -2.29. The average Bonchev–Trinajstić information content (AvgIpc) is 2.89. The number of amides is 1. The van der Waals surface area contributed by atoms with Crippen molar-refractivity contribution in [3.63, 3.8) is 0 Å². The van der Waals surface area contributed by atoms with E-state index in [-0.39, 0.29) is 11.9 Å². The maximum absolute atomic E-state index is 12.0. The van der Waals surface area contributed by atoms with E-state index in [1.54, 1.807) is 30.5 Å². The van der Waals surface area contributed by atoms with Gasteiger partial charge in [0.2, 0.25) is 5.89 Å². The first kappa shape index (κ1) is 14.5. The number of rotatable bonds is 3. The molecule has 0 saturated heterocycles. The Bertz CT molecular complexity index is 842. The number of nitrogens with one attached hydrogen (secondary N) is 1. The van der Waals surface area contributed by atoms with Crippen LogP contribution in [-0.2, 0) is 0 Å². The summed E-state index contributed by atoms with van der Waals surface area (Å²) in [6.45, 7) is 3.83. The van der Waals surface area contributed by atoms with Crippen LogP contribution in [-0.4, -0.2) is 21.9 Å². The molecule has 0 bridgehead atoms. The molecule has 6 heteroatoms. The maximum Gasteiger partial charge on any atom is 0.251 e. The van der Waals surface area contributed by atoms with E-state index in [0.29, 0.717) is 33.1 Å². The van der Waals surface area contributed by atoms with Gasteiger partial charge in [-0.05, 0) is 38.1 Å². The fraction of sp³-hybridized carbons (Fsp3) is 0.188. The Morgan fingerprint density at radius 2 is 2.14 bits per heavy atom. The number of pyridine rings is 1. The number of oxazole rings is 1. The first-order chi connectivity index (χ1) is 10.5. The lowest BCUT2D eigenvalue weighted by molar-refractivity contribution is 0.0943. The zero-order chi connectivity index (χ0) is 15.7. The van der Waals surface area contributed by atoms with Gasteiger partial charge in [0.15, 0.2) is 5.58 Å². The molecule has 0 aliphatic heterocycles. The van der Waals surface area contributed by atoms with Crippen LogP contribution >= 0.6 is 11.6 Å². The number of carbonyl (C=O) groups is 1. The number of hydrogen-bond acceptors (Lipinski definition) is 4. The van der Waals surface area contributed by atoms with Crippen LogP contribution in [0.25, 0.3) is 22.6 Å². The number of nitrogens with zero attached hydrogens (tertiary/aromatic N) is 2. The van der Waals surface area contributed by atoms with E-state index in [1.807, 2.05) is 13.8 Å². The van der Waals surface area contributed by atoms with E-state index in [0.717, 1.165) is 0 Å². The zero-order valence-corrected chi connectivity index (χ0v) is 12.9. The highest BCUT2D eigenvalue weighted by atomic mass is 35.5. The van der Waals surface area contributed by atoms with Crippen LogP contribution in [0, 0.1) is 0 Å². The Kier molecular flexibility index (Phi) is 3.81. The summed E-state index contributed by atoms with van der Waals surface area (Å²) in [7, 11) is 0. The minimum absolute atomic E-state index is 0.0756. The minimum atomic E-state index is -0.136. The highest BCUT2D eigenvalue weighted by Gasteiger charge is 2.14. The Morgan fingerprint density at radius 1 is 1.32 bits per heavy atom. The van der Waals surface area contributed by atoms with Crippen molar-refractivity contribution in [2.75, 3.05) is 0 Å². The summed E-state index contributed by atoms with van der Waals surface area (Å²) in [4.78, 5) is 20.4. The van der Waals surface area contributed by atoms with Crippen molar-refractivity contribution in [1.82, 2.24) is 15.3 Å². The number of benzene rings is 1. The van der Waals surface area contributed by atoms with Gasteiger partial charge in [-0.15, -0.1) is 0 Å². The van der Waals surface area contributed by atoms with Crippen LogP contribution in [0.4, 0.5) is 0 Å². The van der Waals surface area contributed by atoms with E-state index in [2.05, 4.69) is 15.3 Å². The van der Waals surface area contributed by atoms with E-state index in [4.69, 9.17) is 16.0 Å². The Labute approximate surface area is 132 Å². The van der Waals surface area contributed by atoms with Crippen molar-refractivity contribution < 1.29 is 9.21 Å². The van der Waals surface area contributed by atoms with Crippen LogP contribution in [0.3, 0.4) is 0 Å². The zero-order valence-electron chi connectivity index (χ0n) is 12.1. The van der Waals surface area contributed by atoms with Gasteiger partial charge in [0.1, 0.15) is 5.52 Å². The Hall–Kier alpha value is -2.40. The molecule has 22 heavy (non-hydrogen) atoms. The van der Waals surface area contributed by atoms with E-state index < -0.39 is 0 Å². The highest BCUT2D eigenvalue weighted by molar-refractivity contribution is 6.33. The lowest BCUT2D eigenvalue weighted by atomic mass is 10.2. The first-order valence-electron chi connectivity index (χ1n) is 6.86. The smallest absolute Gasteiger partial charge is 0.251 e. The molecule has 3 rings (SSSR count). The Morgan fingerprint density at radius 3 is 2.86 bits per heavy atom. The van der Waals surface area contributed by atoms with Gasteiger partial charge in [0.25, 0.3) is 5.91 Å². The van der Waals surface area contributed by atoms with Crippen LogP contribution < -0.4 is 5.32 Å². The summed E-state index contributed by atoms with van der Waals surface area (Å²) in [5.74, 6) is 0.271. The number of aromatic nitrogens is 2. The van der Waals surface area contributed by atoms with Gasteiger partial charge in [0.05, 0.1) is 10.6 Å². The standard InChI is InChI=1S/C16H14ClN3O2/c1-9(2)19-15(21)10-3-4-14-13(7-10)20-16(22-14)11-5-6-18-8-12(11)17/h3-9H,1-2H3,(H,19,21). The molecule has 3 aromatic rings. The molecular weight excluding hydrogens is 302 g/mol. The molecule has 0 aliphatic carbocycles. The molecule has 0 atom stereocenters. The molecule has 0 radical (unpaired) electrons. The molecule has 1 N–H and O–H groups in total. The predicted octanol–water partition coefficient (Wildman–Crippen LogP) is 3.68. The molecule has 112 valence electrons. The summed E-state index contributed by atoms with van der Waals surface area (Å²) >= 11 is 6.10. The quantitative estimate of drug-likeness (QED) is 0.800. The van der Waals surface area contributed by atoms with E-state index in [9.17, 15) is 4.79 Å². The second-order valence-electron chi connectivity index (χ2n) is 5.19. The summed E-state index contributed by atoms with van der Waals surface area (Å²) in [5.41, 5.74) is 2.42. The lowest BCUT2D eigenvalue weighted by Gasteiger charge is -2.07. The molecule has 5 nitrogen and oxygen atoms in total. The number of fused-ring (bicyclic) bond motifs is 1. The van der Waals surface area contributed by atoms with Gasteiger partial charge < -0.3 is 9.73 Å². The van der Waals surface area contributed by atoms with Gasteiger partial charge >= 0.3 is 0 Å². The second-order valence-corrected chi connectivity index (χ2v) is 5.59. The third-order valence-electron chi connectivity index (χ3n) is 3.07. The second kappa shape index (κ2) is 5.77. The molecule has 0 aliphatic rings. The van der Waals surface area contributed by atoms with Gasteiger partial charge in [-0.2, -0.15) is 0 Å². The predicted molar refractivity (Wildman–Crippen MR) is 84.9 cm³/mol. The van der Waals surface area contributed by atoms with Crippen LogP contribution in [0.5, 0.6) is 0 Å². The fourth-order valence-corrected chi connectivity index (χ4v) is 2.28. The van der Waals surface area contributed by atoms with Crippen LogP contribution in [0.1, 0.15) is 24.2 Å². The number of halogens is 1. The topological polar surface area (TPSA) is 68.0 Å². The molecule has 1 amide bonds. The molecule has 0 saturated carbocycles. The normalized spacial score (nSPS) is 11.1. The molecular formula is C16H14ClN3O2. The summed E-state index contributed by atoms with van der Waals surface area (Å²) < 4.78 is 5.70. The number of hydrogen-bond donors (Lipinski definition) is 1. The molecule has 2 heterocycles. The summed E-state index contributed by atoms with van der Waals surface area (Å²) in [6.07, 6.45) is 3.16. The molecule has 0 unspecified atom stereocenters. The van der Waals surface area contributed by atoms with E-state index >= 15 is 0 Å². The van der Waals surface area contributed by atoms with Crippen molar-refractivity contribution in [3.05, 3.63) is 47.2 Å². The summed E-state index contributed by atoms with van der Waals surface area (Å²) in [5, 5.41) is 3.31. The van der Waals surface area contributed by atoms with Crippen molar-refractivity contribution in [3.8, 4) is 11.5 Å². The van der Waals surface area contributed by atoms with Gasteiger partial charge in [-0.1, -0.05) is 11.6 Å². The van der Waals surface area contributed by atoms with Crippen molar-refractivity contribution in [2.45, 2.75) is 19.9 Å². The SMILES string of the molecule is CC(C)NC(=O)c1ccc2oc(-c3ccncc3Cl)nc2c1. The van der Waals surface area contributed by atoms with Crippen molar-refractivity contribution in [2.24, 2.45) is 0 Å². The molecule has 1 aromatic carbocycles. The van der Waals surface area contributed by atoms with Crippen LogP contribution in [0.2, 0.25) is 5.02 Å². The fourth-order valence-electron chi connectivity index (χ4n) is 2.08. The minimum Gasteiger partial charge on any atom is -0.436 e. The first-order valence-corrected chi connectivity index (χ1v) is 7.24. The largest absolute Gasteiger partial charge is 0.436 e. The molecule has 0 fully saturated rings. The Balaban J connectivity index is 2.01. The van der Waals surface area contributed by atoms with Gasteiger partial charge in [-0.25, -0.2) is 4.98 Å². The average molecular weight is 316 g/mol. The summed E-state index contributed by atoms with van der Waals surface area (Å²) in [6, 6.07) is 6.96. The van der Waals surface area contributed by atoms with E-state index in [1.165, 1.54) is 6.20 Å². The number of carbonyl (C=O) groups excluding carboxylic acids is 1. The monoisotopic (exact) mass is 315 g/mol. The van der Waals surface area contributed by atoms with Crippen molar-refractivity contribution >= 4 is 28.6 Å². The maximum atomic E-state index is 12.0. The van der Waals surface area contributed by atoms with Gasteiger partial charge in [0, 0.05) is 24.0 Å². The van der Waals surface area contributed by atoms with Crippen molar-refractivity contribution in [1.29, 1.82) is 0 Å². The third kappa shape index (κ3) is 2.80. The molecule has 2 aromatic heterocycles. The third-order valence-corrected chi connectivity index (χ3v) is 3.37. The highest BCUT2D eigenvalue weighted by Crippen LogP contribution is 2.29. The molecule has 0 spiro atoms. The van der Waals surface area contributed by atoms with Crippen LogP contribution in [0.15, 0.2) is 41.1 Å². The van der Waals surface area contributed by atoms with Gasteiger partial charge in [-0.3, -0.25) is 9.78 Å².